The minimum atomic E-state index is -4.37. The van der Waals surface area contributed by atoms with Crippen molar-refractivity contribution >= 4 is 19.8 Å². The van der Waals surface area contributed by atoms with E-state index in [4.69, 9.17) is 24.3 Å². The molecule has 0 saturated heterocycles. The Labute approximate surface area is 300 Å². The monoisotopic (exact) mass is 716 g/mol. The van der Waals surface area contributed by atoms with Crippen LogP contribution in [0.4, 0.5) is 0 Å². The first-order valence-corrected chi connectivity index (χ1v) is 21.3. The molecular formula is C39H74NO8P. The van der Waals surface area contributed by atoms with E-state index in [0.29, 0.717) is 6.42 Å². The Morgan fingerprint density at radius 2 is 1.06 bits per heavy atom. The van der Waals surface area contributed by atoms with Gasteiger partial charge in [-0.25, -0.2) is 4.57 Å². The highest BCUT2D eigenvalue weighted by Crippen LogP contribution is 2.43. The van der Waals surface area contributed by atoms with Crippen molar-refractivity contribution < 1.29 is 37.6 Å². The van der Waals surface area contributed by atoms with Crippen LogP contribution in [0.15, 0.2) is 24.3 Å². The molecule has 0 rings (SSSR count). The number of phosphoric acid groups is 1. The Bertz CT molecular complexity index is 866. The third-order valence-electron chi connectivity index (χ3n) is 8.34. The van der Waals surface area contributed by atoms with Gasteiger partial charge in [0, 0.05) is 19.4 Å². The number of nitrogens with two attached hydrogens (primary N) is 1. The van der Waals surface area contributed by atoms with Gasteiger partial charge in [0.1, 0.15) is 6.61 Å². The predicted molar refractivity (Wildman–Crippen MR) is 201 cm³/mol. The van der Waals surface area contributed by atoms with E-state index < -0.39 is 26.5 Å². The molecular weight excluding hydrogens is 641 g/mol. The Balaban J connectivity index is 4.22. The van der Waals surface area contributed by atoms with Crippen LogP contribution in [0.25, 0.3) is 0 Å². The lowest BCUT2D eigenvalue weighted by molar-refractivity contribution is -0.161. The van der Waals surface area contributed by atoms with Gasteiger partial charge in [-0.15, -0.1) is 0 Å². The molecule has 0 aliphatic carbocycles. The first kappa shape index (κ1) is 47.5. The van der Waals surface area contributed by atoms with Crippen molar-refractivity contribution in [3.8, 4) is 0 Å². The highest BCUT2D eigenvalue weighted by Gasteiger charge is 2.25. The molecule has 0 fully saturated rings. The summed E-state index contributed by atoms with van der Waals surface area (Å²) in [6.45, 7) is 3.69. The Hall–Kier alpha value is -1.51. The highest BCUT2D eigenvalue weighted by molar-refractivity contribution is 7.47. The van der Waals surface area contributed by atoms with Gasteiger partial charge in [0.25, 0.3) is 0 Å². The number of esters is 2. The summed E-state index contributed by atoms with van der Waals surface area (Å²) in [6.07, 6.45) is 36.3. The first-order chi connectivity index (χ1) is 23.8. The van der Waals surface area contributed by atoms with Crippen LogP contribution in [0.2, 0.25) is 0 Å². The van der Waals surface area contributed by atoms with E-state index in [2.05, 4.69) is 38.2 Å². The van der Waals surface area contributed by atoms with Gasteiger partial charge in [0.15, 0.2) is 6.10 Å². The fourth-order valence-electron chi connectivity index (χ4n) is 5.37. The van der Waals surface area contributed by atoms with Gasteiger partial charge < -0.3 is 20.1 Å². The van der Waals surface area contributed by atoms with E-state index in [-0.39, 0.29) is 38.6 Å². The lowest BCUT2D eigenvalue weighted by atomic mass is 10.0. The maximum absolute atomic E-state index is 12.5. The minimum absolute atomic E-state index is 0.0523. The minimum Gasteiger partial charge on any atom is -0.462 e. The van der Waals surface area contributed by atoms with Gasteiger partial charge in [0.05, 0.1) is 13.2 Å². The second kappa shape index (κ2) is 36.3. The lowest BCUT2D eigenvalue weighted by Gasteiger charge is -2.19. The number of carbonyl (C=O) groups is 2. The maximum atomic E-state index is 12.5. The van der Waals surface area contributed by atoms with Crippen molar-refractivity contribution in [1.82, 2.24) is 0 Å². The molecule has 49 heavy (non-hydrogen) atoms. The zero-order valence-corrected chi connectivity index (χ0v) is 32.3. The summed E-state index contributed by atoms with van der Waals surface area (Å²) in [6, 6.07) is 0. The maximum Gasteiger partial charge on any atom is 0.472 e. The molecule has 1 unspecified atom stereocenters. The molecule has 288 valence electrons. The number of carbonyl (C=O) groups excluding carboxylic acids is 2. The van der Waals surface area contributed by atoms with Gasteiger partial charge in [-0.1, -0.05) is 147 Å². The number of unbranched alkanes of at least 4 members (excludes halogenated alkanes) is 20. The van der Waals surface area contributed by atoms with E-state index in [1.54, 1.807) is 0 Å². The molecule has 0 bridgehead atoms. The fourth-order valence-corrected chi connectivity index (χ4v) is 6.13. The highest BCUT2D eigenvalue weighted by atomic mass is 31.2. The van der Waals surface area contributed by atoms with E-state index in [1.807, 2.05) is 0 Å². The second-order valence-corrected chi connectivity index (χ2v) is 14.6. The van der Waals surface area contributed by atoms with Gasteiger partial charge >= 0.3 is 19.8 Å². The van der Waals surface area contributed by atoms with Crippen molar-refractivity contribution in [3.05, 3.63) is 24.3 Å². The normalized spacial score (nSPS) is 13.6. The van der Waals surface area contributed by atoms with Crippen LogP contribution < -0.4 is 5.73 Å². The third kappa shape index (κ3) is 36.1. The Kier molecular flexibility index (Phi) is 35.2. The number of ether oxygens (including phenoxy) is 2. The standard InChI is InChI=1S/C39H74NO8P/c1-3-5-7-9-11-13-15-17-18-20-22-24-26-28-30-32-39(42)48-37(36-47-49(43,44)46-34-33-40)35-45-38(41)31-29-27-25-23-21-19-16-14-12-10-8-6-4-2/h11,13,17-18,37H,3-10,12,14-16,19-36,40H2,1-2H3,(H,43,44)/b13-11-,18-17+/t37-/m0/s1. The first-order valence-electron chi connectivity index (χ1n) is 19.8. The van der Waals surface area contributed by atoms with Gasteiger partial charge in [-0.05, 0) is 44.9 Å². The van der Waals surface area contributed by atoms with Crippen molar-refractivity contribution in [2.75, 3.05) is 26.4 Å². The molecule has 0 aromatic rings. The largest absolute Gasteiger partial charge is 0.472 e. The van der Waals surface area contributed by atoms with E-state index in [0.717, 1.165) is 57.8 Å². The van der Waals surface area contributed by atoms with Gasteiger partial charge in [-0.2, -0.15) is 0 Å². The van der Waals surface area contributed by atoms with Crippen LogP contribution in [0.3, 0.4) is 0 Å². The molecule has 0 aromatic carbocycles. The molecule has 0 aliphatic heterocycles. The molecule has 0 spiro atoms. The number of phosphoric ester groups is 1. The summed E-state index contributed by atoms with van der Waals surface area (Å²) in [5.41, 5.74) is 5.33. The lowest BCUT2D eigenvalue weighted by Crippen LogP contribution is -2.29. The van der Waals surface area contributed by atoms with Crippen LogP contribution in [0, 0.1) is 0 Å². The Morgan fingerprint density at radius 3 is 1.59 bits per heavy atom. The molecule has 0 heterocycles. The number of hydrogen-bond donors (Lipinski definition) is 2. The third-order valence-corrected chi connectivity index (χ3v) is 9.32. The molecule has 2 atom stereocenters. The van der Waals surface area contributed by atoms with Crippen molar-refractivity contribution in [3.63, 3.8) is 0 Å². The molecule has 3 N–H and O–H groups in total. The molecule has 0 saturated carbocycles. The summed E-state index contributed by atoms with van der Waals surface area (Å²) in [5.74, 6) is -0.841. The summed E-state index contributed by atoms with van der Waals surface area (Å²) < 4.78 is 32.7. The average Bonchev–Trinajstić information content (AvgIpc) is 3.08. The fraction of sp³-hybridized carbons (Fsp3) is 0.846. The van der Waals surface area contributed by atoms with Crippen LogP contribution in [-0.2, 0) is 32.7 Å². The van der Waals surface area contributed by atoms with Gasteiger partial charge in [0.2, 0.25) is 0 Å². The number of hydrogen-bond acceptors (Lipinski definition) is 8. The molecule has 10 heteroatoms. The summed E-state index contributed by atoms with van der Waals surface area (Å²) in [4.78, 5) is 34.7. The summed E-state index contributed by atoms with van der Waals surface area (Å²) in [5, 5.41) is 0. The van der Waals surface area contributed by atoms with Crippen LogP contribution in [0.5, 0.6) is 0 Å². The zero-order valence-electron chi connectivity index (χ0n) is 31.4. The molecule has 9 nitrogen and oxygen atoms in total. The van der Waals surface area contributed by atoms with Crippen molar-refractivity contribution in [2.24, 2.45) is 5.73 Å². The van der Waals surface area contributed by atoms with Crippen LogP contribution in [-0.4, -0.2) is 49.3 Å². The number of allylic oxidation sites excluding steroid dienone is 4. The Morgan fingerprint density at radius 1 is 0.612 bits per heavy atom. The van der Waals surface area contributed by atoms with E-state index in [1.165, 1.54) is 89.9 Å². The van der Waals surface area contributed by atoms with Crippen molar-refractivity contribution in [1.29, 1.82) is 0 Å². The molecule has 0 aliphatic rings. The molecule has 0 radical (unpaired) electrons. The van der Waals surface area contributed by atoms with Crippen LogP contribution in [0.1, 0.15) is 181 Å². The zero-order chi connectivity index (χ0) is 36.1. The molecule has 0 amide bonds. The van der Waals surface area contributed by atoms with Gasteiger partial charge in [-0.3, -0.25) is 18.6 Å². The topological polar surface area (TPSA) is 134 Å². The summed E-state index contributed by atoms with van der Waals surface area (Å²) >= 11 is 0. The summed E-state index contributed by atoms with van der Waals surface area (Å²) in [7, 11) is -4.37. The molecule has 0 aromatic heterocycles. The smallest absolute Gasteiger partial charge is 0.462 e. The average molecular weight is 716 g/mol. The van der Waals surface area contributed by atoms with E-state index >= 15 is 0 Å². The van der Waals surface area contributed by atoms with Crippen LogP contribution >= 0.6 is 7.82 Å². The van der Waals surface area contributed by atoms with Crippen molar-refractivity contribution in [2.45, 2.75) is 187 Å². The quantitative estimate of drug-likeness (QED) is 0.0279. The number of rotatable bonds is 37. The predicted octanol–water partition coefficient (Wildman–Crippen LogP) is 10.8. The second-order valence-electron chi connectivity index (χ2n) is 13.2. The van der Waals surface area contributed by atoms with E-state index in [9.17, 15) is 19.0 Å². The SMILES string of the molecule is CCCCC/C=C\C/C=C/CCCCCCCC(=O)O[C@@H](COC(=O)CCCCCCCCCCCCCCC)COP(=O)(O)OCCN.